The normalized spacial score (nSPS) is 46.4. The molecule has 0 heteroatoms. The minimum Gasteiger partial charge on any atom is -0.0651 e. The minimum absolute atomic E-state index is 1.03. The van der Waals surface area contributed by atoms with Crippen molar-refractivity contribution >= 4 is 0 Å². The van der Waals surface area contributed by atoms with Crippen molar-refractivity contribution in [2.75, 3.05) is 0 Å². The van der Waals surface area contributed by atoms with Crippen LogP contribution in [0.1, 0.15) is 52.9 Å². The van der Waals surface area contributed by atoms with Crippen LogP contribution in [0.2, 0.25) is 0 Å². The molecule has 0 radical (unpaired) electrons. The molecule has 0 aromatic heterocycles. The summed E-state index contributed by atoms with van der Waals surface area (Å²) in [5, 5.41) is 0. The van der Waals surface area contributed by atoms with E-state index in [0.717, 1.165) is 29.6 Å². The molecule has 2 rings (SSSR count). The van der Waals surface area contributed by atoms with Crippen LogP contribution in [0.15, 0.2) is 0 Å². The van der Waals surface area contributed by atoms with Gasteiger partial charge in [0.2, 0.25) is 0 Å². The van der Waals surface area contributed by atoms with Gasteiger partial charge in [-0.25, -0.2) is 0 Å². The minimum atomic E-state index is 1.03. The van der Waals surface area contributed by atoms with Crippen molar-refractivity contribution in [3.05, 3.63) is 0 Å². The summed E-state index contributed by atoms with van der Waals surface area (Å²) in [7, 11) is 0. The number of hydrogen-bond acceptors (Lipinski definition) is 0. The molecular weight excluding hydrogens is 156 g/mol. The van der Waals surface area contributed by atoms with Crippen molar-refractivity contribution < 1.29 is 0 Å². The maximum Gasteiger partial charge on any atom is -0.0357 e. The molecule has 76 valence electrons. The largest absolute Gasteiger partial charge is 0.0651 e. The molecule has 0 bridgehead atoms. The first kappa shape index (κ1) is 9.55. The SMILES string of the molecule is CCC1CCC1C(C)C1CC(C)C1. The average Bonchev–Trinajstić information content (AvgIpc) is 1.97. The quantitative estimate of drug-likeness (QED) is 0.613. The summed E-state index contributed by atoms with van der Waals surface area (Å²) < 4.78 is 0. The van der Waals surface area contributed by atoms with Gasteiger partial charge in [-0.2, -0.15) is 0 Å². The Morgan fingerprint density at radius 3 is 2.31 bits per heavy atom. The lowest BCUT2D eigenvalue weighted by molar-refractivity contribution is 0.0251. The lowest BCUT2D eigenvalue weighted by Gasteiger charge is -2.47. The van der Waals surface area contributed by atoms with Crippen molar-refractivity contribution in [2.24, 2.45) is 29.6 Å². The molecule has 0 spiro atoms. The van der Waals surface area contributed by atoms with Crippen molar-refractivity contribution in [3.63, 3.8) is 0 Å². The van der Waals surface area contributed by atoms with Gasteiger partial charge < -0.3 is 0 Å². The first-order valence-electron chi connectivity index (χ1n) is 6.22. The van der Waals surface area contributed by atoms with Crippen LogP contribution in [0, 0.1) is 29.6 Å². The first-order valence-corrected chi connectivity index (χ1v) is 6.22. The molecule has 0 N–H and O–H groups in total. The second-order valence-electron chi connectivity index (χ2n) is 5.61. The van der Waals surface area contributed by atoms with Gasteiger partial charge in [0, 0.05) is 0 Å². The van der Waals surface area contributed by atoms with Crippen LogP contribution in [-0.2, 0) is 0 Å². The molecule has 0 nitrogen and oxygen atoms in total. The second kappa shape index (κ2) is 3.63. The van der Waals surface area contributed by atoms with Gasteiger partial charge in [-0.15, -0.1) is 0 Å². The maximum atomic E-state index is 2.52. The topological polar surface area (TPSA) is 0 Å². The summed E-state index contributed by atoms with van der Waals surface area (Å²) in [5.41, 5.74) is 0. The Hall–Kier alpha value is 0. The van der Waals surface area contributed by atoms with E-state index in [1.165, 1.54) is 32.1 Å². The van der Waals surface area contributed by atoms with E-state index in [-0.39, 0.29) is 0 Å². The Labute approximate surface area is 83.1 Å². The molecule has 0 aromatic rings. The van der Waals surface area contributed by atoms with Gasteiger partial charge in [0.05, 0.1) is 0 Å². The molecular formula is C13H24. The molecule has 2 fully saturated rings. The van der Waals surface area contributed by atoms with Gasteiger partial charge >= 0.3 is 0 Å². The summed E-state index contributed by atoms with van der Waals surface area (Å²) in [6.45, 7) is 7.29. The summed E-state index contributed by atoms with van der Waals surface area (Å²) in [6, 6.07) is 0. The van der Waals surface area contributed by atoms with Crippen molar-refractivity contribution in [1.82, 2.24) is 0 Å². The lowest BCUT2D eigenvalue weighted by Crippen LogP contribution is -2.38. The van der Waals surface area contributed by atoms with Gasteiger partial charge in [-0.05, 0) is 55.3 Å². The Balaban J connectivity index is 1.80. The predicted octanol–water partition coefficient (Wildman–Crippen LogP) is 4.10. The highest BCUT2D eigenvalue weighted by atomic mass is 14.5. The highest BCUT2D eigenvalue weighted by Crippen LogP contribution is 2.49. The zero-order valence-corrected chi connectivity index (χ0v) is 9.42. The third-order valence-electron chi connectivity index (χ3n) is 4.83. The van der Waals surface area contributed by atoms with Crippen molar-refractivity contribution in [1.29, 1.82) is 0 Å². The summed E-state index contributed by atoms with van der Waals surface area (Å²) in [5.74, 6) is 5.35. The third kappa shape index (κ3) is 1.65. The molecule has 0 aliphatic heterocycles. The molecule has 0 amide bonds. The lowest BCUT2D eigenvalue weighted by atomic mass is 9.58. The molecule has 3 unspecified atom stereocenters. The molecule has 0 heterocycles. The van der Waals surface area contributed by atoms with Crippen LogP contribution in [-0.4, -0.2) is 0 Å². The second-order valence-corrected chi connectivity index (χ2v) is 5.61. The van der Waals surface area contributed by atoms with Gasteiger partial charge in [-0.1, -0.05) is 27.2 Å². The van der Waals surface area contributed by atoms with E-state index in [0.29, 0.717) is 0 Å². The number of hydrogen-bond donors (Lipinski definition) is 0. The van der Waals surface area contributed by atoms with Crippen LogP contribution in [0.4, 0.5) is 0 Å². The molecule has 3 atom stereocenters. The van der Waals surface area contributed by atoms with Crippen LogP contribution in [0.25, 0.3) is 0 Å². The maximum absolute atomic E-state index is 2.52. The van der Waals surface area contributed by atoms with Crippen LogP contribution >= 0.6 is 0 Å². The van der Waals surface area contributed by atoms with Gasteiger partial charge in [0.25, 0.3) is 0 Å². The third-order valence-corrected chi connectivity index (χ3v) is 4.83. The van der Waals surface area contributed by atoms with Gasteiger partial charge in [-0.3, -0.25) is 0 Å². The molecule has 0 aromatic carbocycles. The summed E-state index contributed by atoms with van der Waals surface area (Å²) in [6.07, 6.45) is 7.53. The highest BCUT2D eigenvalue weighted by molar-refractivity contribution is 4.90. The first-order chi connectivity index (χ1) is 6.22. The van der Waals surface area contributed by atoms with E-state index in [1.54, 1.807) is 0 Å². The van der Waals surface area contributed by atoms with Gasteiger partial charge in [0.1, 0.15) is 0 Å². The fraction of sp³-hybridized carbons (Fsp3) is 1.00. The fourth-order valence-electron chi connectivity index (χ4n) is 3.54. The molecule has 2 saturated carbocycles. The Kier molecular flexibility index (Phi) is 2.67. The van der Waals surface area contributed by atoms with Crippen LogP contribution < -0.4 is 0 Å². The zero-order valence-electron chi connectivity index (χ0n) is 9.42. The Bertz CT molecular complexity index is 165. The standard InChI is InChI=1S/C13H24/c1-4-11-5-6-13(11)10(3)12-7-9(2)8-12/h9-13H,4-8H2,1-3H3. The summed E-state index contributed by atoms with van der Waals surface area (Å²) >= 11 is 0. The van der Waals surface area contributed by atoms with E-state index >= 15 is 0 Å². The molecule has 2 aliphatic carbocycles. The van der Waals surface area contributed by atoms with Crippen LogP contribution in [0.5, 0.6) is 0 Å². The highest BCUT2D eigenvalue weighted by Gasteiger charge is 2.40. The Morgan fingerprint density at radius 2 is 1.92 bits per heavy atom. The molecule has 0 saturated heterocycles. The zero-order chi connectivity index (χ0) is 9.42. The molecule has 2 aliphatic rings. The van der Waals surface area contributed by atoms with E-state index < -0.39 is 0 Å². The van der Waals surface area contributed by atoms with Crippen molar-refractivity contribution in [3.8, 4) is 0 Å². The number of rotatable bonds is 3. The van der Waals surface area contributed by atoms with E-state index in [4.69, 9.17) is 0 Å². The predicted molar refractivity (Wildman–Crippen MR) is 57.6 cm³/mol. The Morgan fingerprint density at radius 1 is 1.23 bits per heavy atom. The van der Waals surface area contributed by atoms with Crippen molar-refractivity contribution in [2.45, 2.75) is 52.9 Å². The van der Waals surface area contributed by atoms with Crippen LogP contribution in [0.3, 0.4) is 0 Å². The van der Waals surface area contributed by atoms with E-state index in [2.05, 4.69) is 20.8 Å². The summed E-state index contributed by atoms with van der Waals surface area (Å²) in [4.78, 5) is 0. The smallest absolute Gasteiger partial charge is 0.0357 e. The monoisotopic (exact) mass is 180 g/mol. The average molecular weight is 180 g/mol. The van der Waals surface area contributed by atoms with Gasteiger partial charge in [0.15, 0.2) is 0 Å². The van der Waals surface area contributed by atoms with E-state index in [1.807, 2.05) is 0 Å². The molecule has 13 heavy (non-hydrogen) atoms. The fourth-order valence-corrected chi connectivity index (χ4v) is 3.54. The van der Waals surface area contributed by atoms with E-state index in [9.17, 15) is 0 Å².